The van der Waals surface area contributed by atoms with Crippen LogP contribution in [-0.4, -0.2) is 22.0 Å². The van der Waals surface area contributed by atoms with E-state index in [4.69, 9.17) is 9.84 Å². The fourth-order valence-corrected chi connectivity index (χ4v) is 2.32. The van der Waals surface area contributed by atoms with Crippen molar-refractivity contribution in [1.82, 2.24) is 0 Å². The highest BCUT2D eigenvalue weighted by molar-refractivity contribution is 5.81. The molecule has 0 bridgehead atoms. The van der Waals surface area contributed by atoms with Crippen LogP contribution >= 0.6 is 0 Å². The molecule has 116 valence electrons. The lowest BCUT2D eigenvalue weighted by atomic mass is 9.83. The van der Waals surface area contributed by atoms with Crippen LogP contribution in [0.2, 0.25) is 0 Å². The van der Waals surface area contributed by atoms with Gasteiger partial charge in [-0.3, -0.25) is 19.7 Å². The standard InChI is InChI=1S/C15H15NO6/c17-14(18)12-3-1-2-4-13(12)15(19)22-9-10-5-7-11(8-6-10)16(20)21/h1-2,5-8,12-13H,3-4,9H2,(H,17,18)/t12-,13-/m1/s1. The number of nitro groups is 1. The summed E-state index contributed by atoms with van der Waals surface area (Å²) in [4.78, 5) is 33.2. The molecule has 0 radical (unpaired) electrons. The Balaban J connectivity index is 1.95. The maximum absolute atomic E-state index is 12.0. The molecule has 1 aromatic carbocycles. The summed E-state index contributed by atoms with van der Waals surface area (Å²) in [5, 5.41) is 19.7. The third-order valence-corrected chi connectivity index (χ3v) is 3.58. The van der Waals surface area contributed by atoms with Crippen LogP contribution in [-0.2, 0) is 20.9 Å². The number of aliphatic carboxylic acids is 1. The number of hydrogen-bond donors (Lipinski definition) is 1. The molecule has 22 heavy (non-hydrogen) atoms. The van der Waals surface area contributed by atoms with Gasteiger partial charge in [0.1, 0.15) is 6.61 Å². The number of nitrogens with zero attached hydrogens (tertiary/aromatic N) is 1. The lowest BCUT2D eigenvalue weighted by Crippen LogP contribution is -2.32. The molecule has 0 aromatic heterocycles. The number of rotatable bonds is 5. The Morgan fingerprint density at radius 1 is 1.18 bits per heavy atom. The summed E-state index contributed by atoms with van der Waals surface area (Å²) in [5.41, 5.74) is 0.565. The van der Waals surface area contributed by atoms with Crippen molar-refractivity contribution < 1.29 is 24.4 Å². The molecule has 7 nitrogen and oxygen atoms in total. The highest BCUT2D eigenvalue weighted by Crippen LogP contribution is 2.27. The maximum Gasteiger partial charge on any atom is 0.310 e. The van der Waals surface area contributed by atoms with Gasteiger partial charge in [-0.1, -0.05) is 12.2 Å². The first-order chi connectivity index (χ1) is 10.5. The fraction of sp³-hybridized carbons (Fsp3) is 0.333. The van der Waals surface area contributed by atoms with Crippen molar-refractivity contribution >= 4 is 17.6 Å². The van der Waals surface area contributed by atoms with Crippen LogP contribution in [0.5, 0.6) is 0 Å². The van der Waals surface area contributed by atoms with Gasteiger partial charge in [0.25, 0.3) is 5.69 Å². The van der Waals surface area contributed by atoms with E-state index >= 15 is 0 Å². The average molecular weight is 305 g/mol. The molecule has 0 unspecified atom stereocenters. The molecule has 1 aliphatic carbocycles. The second kappa shape index (κ2) is 6.84. The summed E-state index contributed by atoms with van der Waals surface area (Å²) in [6, 6.07) is 5.65. The molecule has 0 fully saturated rings. The molecule has 1 N–H and O–H groups in total. The first kappa shape index (κ1) is 15.7. The number of carboxylic acid groups (broad SMARTS) is 1. The molecule has 0 spiro atoms. The van der Waals surface area contributed by atoms with Crippen molar-refractivity contribution in [1.29, 1.82) is 0 Å². The Hall–Kier alpha value is -2.70. The first-order valence-corrected chi connectivity index (χ1v) is 6.77. The fourth-order valence-electron chi connectivity index (χ4n) is 2.32. The minimum Gasteiger partial charge on any atom is -0.481 e. The molecular weight excluding hydrogens is 290 g/mol. The van der Waals surface area contributed by atoms with Crippen molar-refractivity contribution in [3.8, 4) is 0 Å². The number of carbonyl (C=O) groups is 2. The zero-order valence-corrected chi connectivity index (χ0v) is 11.7. The monoisotopic (exact) mass is 305 g/mol. The van der Waals surface area contributed by atoms with Crippen LogP contribution < -0.4 is 0 Å². The van der Waals surface area contributed by atoms with Crippen LogP contribution in [0.15, 0.2) is 36.4 Å². The third kappa shape index (κ3) is 3.69. The molecule has 0 saturated carbocycles. The summed E-state index contributed by atoms with van der Waals surface area (Å²) in [5.74, 6) is -3.04. The summed E-state index contributed by atoms with van der Waals surface area (Å²) in [6.45, 7) is -0.0383. The molecule has 7 heteroatoms. The largest absolute Gasteiger partial charge is 0.481 e. The summed E-state index contributed by atoms with van der Waals surface area (Å²) in [7, 11) is 0. The first-order valence-electron chi connectivity index (χ1n) is 6.77. The zero-order valence-electron chi connectivity index (χ0n) is 11.7. The number of esters is 1. The topological polar surface area (TPSA) is 107 Å². The molecule has 0 saturated heterocycles. The van der Waals surface area contributed by atoms with Gasteiger partial charge >= 0.3 is 11.9 Å². The van der Waals surface area contributed by atoms with Crippen molar-refractivity contribution in [2.75, 3.05) is 0 Å². The van der Waals surface area contributed by atoms with Crippen LogP contribution in [0.3, 0.4) is 0 Å². The van der Waals surface area contributed by atoms with Gasteiger partial charge in [-0.2, -0.15) is 0 Å². The van der Waals surface area contributed by atoms with E-state index < -0.39 is 28.7 Å². The van der Waals surface area contributed by atoms with Gasteiger partial charge in [-0.15, -0.1) is 0 Å². The van der Waals surface area contributed by atoms with Crippen LogP contribution in [0.4, 0.5) is 5.69 Å². The number of allylic oxidation sites excluding steroid dienone is 2. The number of nitro benzene ring substituents is 1. The Morgan fingerprint density at radius 2 is 1.77 bits per heavy atom. The van der Waals surface area contributed by atoms with Crippen LogP contribution in [0.1, 0.15) is 18.4 Å². The lowest BCUT2D eigenvalue weighted by molar-refractivity contribution is -0.384. The van der Waals surface area contributed by atoms with E-state index in [-0.39, 0.29) is 12.3 Å². The van der Waals surface area contributed by atoms with Crippen molar-refractivity contribution in [3.63, 3.8) is 0 Å². The lowest BCUT2D eigenvalue weighted by Gasteiger charge is -2.23. The Morgan fingerprint density at radius 3 is 2.32 bits per heavy atom. The van der Waals surface area contributed by atoms with E-state index in [9.17, 15) is 19.7 Å². The molecular formula is C15H15NO6. The van der Waals surface area contributed by atoms with E-state index in [2.05, 4.69) is 0 Å². The predicted molar refractivity (Wildman–Crippen MR) is 75.9 cm³/mol. The highest BCUT2D eigenvalue weighted by atomic mass is 16.6. The average Bonchev–Trinajstić information content (AvgIpc) is 2.53. The van der Waals surface area contributed by atoms with Gasteiger partial charge in [-0.25, -0.2) is 0 Å². The van der Waals surface area contributed by atoms with E-state index in [1.54, 1.807) is 12.2 Å². The number of non-ortho nitro benzene ring substituents is 1. The summed E-state index contributed by atoms with van der Waals surface area (Å²) >= 11 is 0. The normalized spacial score (nSPS) is 20.4. The summed E-state index contributed by atoms with van der Waals surface area (Å²) < 4.78 is 5.14. The molecule has 0 aliphatic heterocycles. The molecule has 2 atom stereocenters. The van der Waals surface area contributed by atoms with Crippen LogP contribution in [0.25, 0.3) is 0 Å². The number of benzene rings is 1. The number of ether oxygens (including phenoxy) is 1. The Labute approximate surface area is 126 Å². The third-order valence-electron chi connectivity index (χ3n) is 3.58. The minimum absolute atomic E-state index is 0.0383. The second-order valence-electron chi connectivity index (χ2n) is 5.03. The summed E-state index contributed by atoms with van der Waals surface area (Å²) in [6.07, 6.45) is 4.18. The van der Waals surface area contributed by atoms with E-state index in [1.807, 2.05) is 0 Å². The van der Waals surface area contributed by atoms with E-state index in [0.717, 1.165) is 0 Å². The molecule has 1 aliphatic rings. The number of hydrogen-bond acceptors (Lipinski definition) is 5. The van der Waals surface area contributed by atoms with Crippen molar-refractivity contribution in [2.24, 2.45) is 11.8 Å². The quantitative estimate of drug-likeness (QED) is 0.387. The Kier molecular flexibility index (Phi) is 4.88. The van der Waals surface area contributed by atoms with Gasteiger partial charge in [0.2, 0.25) is 0 Å². The van der Waals surface area contributed by atoms with Crippen molar-refractivity contribution in [3.05, 3.63) is 52.1 Å². The number of carboxylic acids is 1. The minimum atomic E-state index is -1.01. The van der Waals surface area contributed by atoms with Gasteiger partial charge in [0.15, 0.2) is 0 Å². The molecule has 1 aromatic rings. The van der Waals surface area contributed by atoms with Crippen molar-refractivity contribution in [2.45, 2.75) is 19.4 Å². The van der Waals surface area contributed by atoms with Gasteiger partial charge in [0.05, 0.1) is 16.8 Å². The highest BCUT2D eigenvalue weighted by Gasteiger charge is 2.35. The van der Waals surface area contributed by atoms with E-state index in [0.29, 0.717) is 18.4 Å². The SMILES string of the molecule is O=C(O)[C@@H]1CC=CC[C@H]1C(=O)OCc1ccc([N+](=O)[O-])cc1. The predicted octanol–water partition coefficient (Wildman–Crippen LogP) is 2.31. The molecule has 0 amide bonds. The molecule has 0 heterocycles. The van der Waals surface area contributed by atoms with E-state index in [1.165, 1.54) is 24.3 Å². The maximum atomic E-state index is 12.0. The number of carbonyl (C=O) groups excluding carboxylic acids is 1. The molecule has 2 rings (SSSR count). The smallest absolute Gasteiger partial charge is 0.310 e. The van der Waals surface area contributed by atoms with Gasteiger partial charge in [0, 0.05) is 12.1 Å². The van der Waals surface area contributed by atoms with Crippen LogP contribution in [0, 0.1) is 22.0 Å². The van der Waals surface area contributed by atoms with Gasteiger partial charge < -0.3 is 9.84 Å². The second-order valence-corrected chi connectivity index (χ2v) is 5.03. The zero-order chi connectivity index (χ0) is 16.1. The van der Waals surface area contributed by atoms with Gasteiger partial charge in [-0.05, 0) is 30.5 Å². The Bertz CT molecular complexity index is 607.